The molecule has 0 fully saturated rings. The summed E-state index contributed by atoms with van der Waals surface area (Å²) in [6.07, 6.45) is 0. The van der Waals surface area contributed by atoms with Gasteiger partial charge in [0.05, 0.1) is 5.69 Å². The molecule has 21 heavy (non-hydrogen) atoms. The molecular weight excluding hydrogens is 350 g/mol. The van der Waals surface area contributed by atoms with Crippen molar-refractivity contribution in [1.82, 2.24) is 14.5 Å². The molecule has 0 spiro atoms. The number of amides is 1. The van der Waals surface area contributed by atoms with Crippen molar-refractivity contribution in [2.75, 3.05) is 7.05 Å². The lowest BCUT2D eigenvalue weighted by Crippen LogP contribution is -2.28. The van der Waals surface area contributed by atoms with Crippen LogP contribution >= 0.6 is 27.5 Å². The van der Waals surface area contributed by atoms with Gasteiger partial charge in [-0.1, -0.05) is 53.3 Å². The van der Waals surface area contributed by atoms with Gasteiger partial charge in [-0.15, -0.1) is 5.10 Å². The number of benzene rings is 1. The van der Waals surface area contributed by atoms with Gasteiger partial charge in [0.2, 0.25) is 0 Å². The van der Waals surface area contributed by atoms with Gasteiger partial charge in [-0.3, -0.25) is 4.79 Å². The molecule has 6 heteroatoms. The van der Waals surface area contributed by atoms with Crippen LogP contribution in [0.15, 0.2) is 28.7 Å². The van der Waals surface area contributed by atoms with Gasteiger partial charge in [0, 0.05) is 23.5 Å². The van der Waals surface area contributed by atoms with E-state index in [2.05, 4.69) is 25.5 Å². The van der Waals surface area contributed by atoms with Crippen LogP contribution in [-0.2, 0) is 12.0 Å². The van der Waals surface area contributed by atoms with E-state index in [-0.39, 0.29) is 11.3 Å². The predicted molar refractivity (Wildman–Crippen MR) is 88.5 cm³/mol. The Morgan fingerprint density at radius 2 is 2.10 bits per heavy atom. The molecule has 0 radical (unpaired) electrons. The van der Waals surface area contributed by atoms with Gasteiger partial charge in [-0.25, -0.2) is 0 Å². The van der Waals surface area contributed by atoms with E-state index < -0.39 is 0 Å². The molecule has 0 saturated heterocycles. The van der Waals surface area contributed by atoms with Crippen molar-refractivity contribution in [3.8, 4) is 0 Å². The summed E-state index contributed by atoms with van der Waals surface area (Å²) in [6, 6.07) is 7.95. The number of halogens is 1. The number of hydrogen-bond acceptors (Lipinski definition) is 4. The minimum Gasteiger partial charge on any atom is -0.337 e. The Balaban J connectivity index is 2.19. The first kappa shape index (κ1) is 16.1. The van der Waals surface area contributed by atoms with Gasteiger partial charge in [-0.2, -0.15) is 0 Å². The molecule has 0 saturated carbocycles. The van der Waals surface area contributed by atoms with Crippen molar-refractivity contribution in [3.63, 3.8) is 0 Å². The normalized spacial score (nSPS) is 11.5. The van der Waals surface area contributed by atoms with E-state index in [1.807, 2.05) is 45.0 Å². The van der Waals surface area contributed by atoms with Gasteiger partial charge in [0.1, 0.15) is 4.88 Å². The molecule has 1 heterocycles. The number of hydrogen-bond donors (Lipinski definition) is 0. The third kappa shape index (κ3) is 3.89. The topological polar surface area (TPSA) is 46.1 Å². The second-order valence-electron chi connectivity index (χ2n) is 5.99. The summed E-state index contributed by atoms with van der Waals surface area (Å²) in [6.45, 7) is 6.66. The van der Waals surface area contributed by atoms with E-state index in [4.69, 9.17) is 0 Å². The summed E-state index contributed by atoms with van der Waals surface area (Å²) in [5, 5.41) is 4.13. The standard InChI is InChI=1S/C15H18BrN3OS/c1-15(2,3)13-12(21-18-17-13)14(20)19(4)9-10-6-5-7-11(16)8-10/h5-8H,9H2,1-4H3. The Kier molecular flexibility index (Phi) is 4.78. The maximum Gasteiger partial charge on any atom is 0.267 e. The lowest BCUT2D eigenvalue weighted by atomic mass is 9.91. The van der Waals surface area contributed by atoms with Crippen molar-refractivity contribution in [3.05, 3.63) is 44.9 Å². The van der Waals surface area contributed by atoms with Crippen LogP contribution in [0.5, 0.6) is 0 Å². The highest BCUT2D eigenvalue weighted by atomic mass is 79.9. The number of carbonyl (C=O) groups excluding carboxylic acids is 1. The fraction of sp³-hybridized carbons (Fsp3) is 0.400. The summed E-state index contributed by atoms with van der Waals surface area (Å²) in [5.41, 5.74) is 1.66. The quantitative estimate of drug-likeness (QED) is 0.826. The van der Waals surface area contributed by atoms with Gasteiger partial charge in [0.25, 0.3) is 5.91 Å². The molecule has 2 rings (SSSR count). The number of carbonyl (C=O) groups is 1. The van der Waals surface area contributed by atoms with Crippen molar-refractivity contribution in [2.45, 2.75) is 32.7 Å². The maximum atomic E-state index is 12.6. The van der Waals surface area contributed by atoms with E-state index in [9.17, 15) is 4.79 Å². The van der Waals surface area contributed by atoms with Crippen LogP contribution in [0.3, 0.4) is 0 Å². The first-order chi connectivity index (χ1) is 9.79. The van der Waals surface area contributed by atoms with E-state index in [0.29, 0.717) is 11.4 Å². The molecule has 0 unspecified atom stereocenters. The van der Waals surface area contributed by atoms with Crippen LogP contribution in [0.25, 0.3) is 0 Å². The fourth-order valence-corrected chi connectivity index (χ4v) is 3.29. The zero-order valence-electron chi connectivity index (χ0n) is 12.6. The van der Waals surface area contributed by atoms with E-state index in [1.54, 1.807) is 11.9 Å². The molecule has 0 aliphatic heterocycles. The zero-order valence-corrected chi connectivity index (χ0v) is 15.0. The van der Waals surface area contributed by atoms with Crippen LogP contribution < -0.4 is 0 Å². The van der Waals surface area contributed by atoms with Gasteiger partial charge in [-0.05, 0) is 29.2 Å². The summed E-state index contributed by atoms with van der Waals surface area (Å²) in [7, 11) is 1.80. The number of aromatic nitrogens is 2. The molecule has 0 N–H and O–H groups in total. The van der Waals surface area contributed by atoms with Crippen LogP contribution in [0, 0.1) is 0 Å². The fourth-order valence-electron chi connectivity index (χ4n) is 1.98. The highest BCUT2D eigenvalue weighted by Gasteiger charge is 2.27. The van der Waals surface area contributed by atoms with Crippen molar-refractivity contribution in [2.24, 2.45) is 0 Å². The largest absolute Gasteiger partial charge is 0.337 e. The average molecular weight is 368 g/mol. The first-order valence-corrected chi connectivity index (χ1v) is 8.18. The molecule has 0 bridgehead atoms. The maximum absolute atomic E-state index is 12.6. The van der Waals surface area contributed by atoms with Crippen molar-refractivity contribution < 1.29 is 4.79 Å². The van der Waals surface area contributed by atoms with Gasteiger partial charge >= 0.3 is 0 Å². The third-order valence-corrected chi connectivity index (χ3v) is 4.26. The highest BCUT2D eigenvalue weighted by molar-refractivity contribution is 9.10. The van der Waals surface area contributed by atoms with Crippen LogP contribution in [-0.4, -0.2) is 27.4 Å². The Bertz CT molecular complexity index is 648. The molecular formula is C15H18BrN3OS. The summed E-state index contributed by atoms with van der Waals surface area (Å²) in [5.74, 6) is -0.0325. The van der Waals surface area contributed by atoms with Crippen LogP contribution in [0.1, 0.15) is 41.7 Å². The highest BCUT2D eigenvalue weighted by Crippen LogP contribution is 2.27. The lowest BCUT2D eigenvalue weighted by Gasteiger charge is -2.20. The van der Waals surface area contributed by atoms with Crippen molar-refractivity contribution in [1.29, 1.82) is 0 Å². The number of rotatable bonds is 3. The van der Waals surface area contributed by atoms with Gasteiger partial charge in [0.15, 0.2) is 0 Å². The Labute approximate surface area is 137 Å². The molecule has 1 aromatic carbocycles. The molecule has 0 aliphatic rings. The summed E-state index contributed by atoms with van der Waals surface area (Å²) in [4.78, 5) is 14.9. The molecule has 112 valence electrons. The van der Waals surface area contributed by atoms with Crippen molar-refractivity contribution >= 4 is 33.4 Å². The van der Waals surface area contributed by atoms with E-state index in [1.165, 1.54) is 0 Å². The average Bonchev–Trinajstić information content (AvgIpc) is 2.86. The second-order valence-corrected chi connectivity index (χ2v) is 7.66. The first-order valence-electron chi connectivity index (χ1n) is 6.62. The van der Waals surface area contributed by atoms with E-state index >= 15 is 0 Å². The Morgan fingerprint density at radius 3 is 2.71 bits per heavy atom. The molecule has 1 amide bonds. The minimum atomic E-state index is -0.186. The second kappa shape index (κ2) is 6.23. The lowest BCUT2D eigenvalue weighted by molar-refractivity contribution is 0.0787. The molecule has 4 nitrogen and oxygen atoms in total. The van der Waals surface area contributed by atoms with Gasteiger partial charge < -0.3 is 4.90 Å². The monoisotopic (exact) mass is 367 g/mol. The molecule has 1 aromatic heterocycles. The predicted octanol–water partition coefficient (Wildman–Crippen LogP) is 3.87. The smallest absolute Gasteiger partial charge is 0.267 e. The van der Waals surface area contributed by atoms with Crippen LogP contribution in [0.4, 0.5) is 0 Å². The molecule has 0 aliphatic carbocycles. The van der Waals surface area contributed by atoms with Crippen LogP contribution in [0.2, 0.25) is 0 Å². The van der Waals surface area contributed by atoms with E-state index in [0.717, 1.165) is 27.3 Å². The molecule has 2 aromatic rings. The number of nitrogens with zero attached hydrogens (tertiary/aromatic N) is 3. The summed E-state index contributed by atoms with van der Waals surface area (Å²) >= 11 is 4.61. The zero-order chi connectivity index (χ0) is 15.6. The summed E-state index contributed by atoms with van der Waals surface area (Å²) < 4.78 is 4.96. The Morgan fingerprint density at radius 1 is 1.38 bits per heavy atom. The third-order valence-electron chi connectivity index (χ3n) is 3.05. The Hall–Kier alpha value is -1.27. The molecule has 0 atom stereocenters. The SMILES string of the molecule is CN(Cc1cccc(Br)c1)C(=O)c1snnc1C(C)(C)C. The minimum absolute atomic E-state index is 0.0325.